The molecule has 1 aliphatic rings. The summed E-state index contributed by atoms with van der Waals surface area (Å²) in [7, 11) is 0. The predicted octanol–water partition coefficient (Wildman–Crippen LogP) is 5.72. The molecule has 37 heavy (non-hydrogen) atoms. The molecule has 1 aliphatic carbocycles. The van der Waals surface area contributed by atoms with Gasteiger partial charge in [-0.15, -0.1) is 10.2 Å². The van der Waals surface area contributed by atoms with Crippen LogP contribution in [0.1, 0.15) is 53.8 Å². The molecule has 0 fully saturated rings. The minimum Gasteiger partial charge on any atom is -0.314 e. The fraction of sp³-hybridized carbons (Fsp3) is 0.333. The van der Waals surface area contributed by atoms with E-state index in [0.717, 1.165) is 83.8 Å². The molecular formula is C27H26F3N5OS. The zero-order chi connectivity index (χ0) is 26.2. The second-order valence-corrected chi connectivity index (χ2v) is 9.65. The lowest BCUT2D eigenvalue weighted by atomic mass is 10.0. The molecule has 10 heteroatoms. The Bertz CT molecular complexity index is 1530. The Labute approximate surface area is 216 Å². The van der Waals surface area contributed by atoms with Gasteiger partial charge in [0.1, 0.15) is 5.82 Å². The zero-order valence-electron chi connectivity index (χ0n) is 20.3. The van der Waals surface area contributed by atoms with Crippen LogP contribution in [0, 0.1) is 4.77 Å². The van der Waals surface area contributed by atoms with Crippen molar-refractivity contribution in [2.45, 2.75) is 58.3 Å². The Hall–Kier alpha value is -3.53. The first kappa shape index (κ1) is 25.1. The Morgan fingerprint density at radius 1 is 0.919 bits per heavy atom. The number of aromatic nitrogens is 5. The normalized spacial score (nSPS) is 13.2. The average molecular weight is 526 g/mol. The van der Waals surface area contributed by atoms with Crippen LogP contribution in [-0.4, -0.2) is 24.3 Å². The monoisotopic (exact) mass is 525 g/mol. The summed E-state index contributed by atoms with van der Waals surface area (Å²) in [4.78, 5) is 15.1. The molecule has 0 bridgehead atoms. The number of hydrogen-bond donors (Lipinski definition) is 1. The van der Waals surface area contributed by atoms with Gasteiger partial charge in [0.2, 0.25) is 0 Å². The first-order valence-corrected chi connectivity index (χ1v) is 12.7. The standard InChI is InChI=1S/C27H26F3N5OS/c1-2-4-23-32-33-24(16-34-22-6-3-5-21(22)25(36)31-26(34)37)35(23)15-17-7-9-18(10-8-17)19-11-13-20(14-12-19)27(28,29)30/h7-14H,2-6,15-16H2,1H3,(H,31,36,37). The fourth-order valence-corrected chi connectivity index (χ4v) is 5.13. The Morgan fingerprint density at radius 2 is 1.57 bits per heavy atom. The molecule has 0 saturated carbocycles. The third kappa shape index (κ3) is 5.16. The number of hydrogen-bond acceptors (Lipinski definition) is 4. The second-order valence-electron chi connectivity index (χ2n) is 9.26. The van der Waals surface area contributed by atoms with Crippen molar-refractivity contribution in [1.29, 1.82) is 0 Å². The maximum Gasteiger partial charge on any atom is 0.416 e. The van der Waals surface area contributed by atoms with E-state index in [-0.39, 0.29) is 5.56 Å². The highest BCUT2D eigenvalue weighted by molar-refractivity contribution is 7.71. The SMILES string of the molecule is CCCc1nnc(Cn2c3c(c(=O)[nH]c2=S)CCC3)n1Cc1ccc(-c2ccc(C(F)(F)F)cc2)cc1. The molecule has 0 radical (unpaired) electrons. The van der Waals surface area contributed by atoms with Gasteiger partial charge in [0.05, 0.1) is 18.7 Å². The van der Waals surface area contributed by atoms with Gasteiger partial charge in [-0.25, -0.2) is 0 Å². The molecule has 4 aromatic rings. The van der Waals surface area contributed by atoms with Crippen molar-refractivity contribution in [2.24, 2.45) is 0 Å². The Balaban J connectivity index is 1.42. The number of halogens is 3. The quantitative estimate of drug-likeness (QED) is 0.314. The van der Waals surface area contributed by atoms with E-state index in [2.05, 4.69) is 26.7 Å². The topological polar surface area (TPSA) is 68.5 Å². The predicted molar refractivity (Wildman–Crippen MR) is 137 cm³/mol. The third-order valence-electron chi connectivity index (χ3n) is 6.77. The fourth-order valence-electron chi connectivity index (χ4n) is 4.86. The van der Waals surface area contributed by atoms with Gasteiger partial charge in [-0.3, -0.25) is 9.78 Å². The van der Waals surface area contributed by atoms with E-state index in [1.807, 2.05) is 28.8 Å². The van der Waals surface area contributed by atoms with Gasteiger partial charge >= 0.3 is 6.18 Å². The number of rotatable bonds is 7. The maximum atomic E-state index is 12.9. The van der Waals surface area contributed by atoms with Gasteiger partial charge in [0.15, 0.2) is 10.6 Å². The molecule has 0 saturated heterocycles. The lowest BCUT2D eigenvalue weighted by molar-refractivity contribution is -0.137. The summed E-state index contributed by atoms with van der Waals surface area (Å²) in [6.07, 6.45) is -0.182. The molecule has 6 nitrogen and oxygen atoms in total. The Morgan fingerprint density at radius 3 is 2.22 bits per heavy atom. The summed E-state index contributed by atoms with van der Waals surface area (Å²) in [5.41, 5.74) is 3.58. The van der Waals surface area contributed by atoms with Crippen LogP contribution in [0.5, 0.6) is 0 Å². The molecule has 0 unspecified atom stereocenters. The van der Waals surface area contributed by atoms with Gasteiger partial charge in [0.25, 0.3) is 5.56 Å². The molecule has 2 aromatic carbocycles. The number of nitrogens with one attached hydrogen (secondary N) is 1. The molecule has 2 aromatic heterocycles. The minimum atomic E-state index is -4.35. The summed E-state index contributed by atoms with van der Waals surface area (Å²) in [6.45, 7) is 3.05. The highest BCUT2D eigenvalue weighted by Crippen LogP contribution is 2.31. The number of aryl methyl sites for hydroxylation is 1. The van der Waals surface area contributed by atoms with Crippen molar-refractivity contribution in [2.75, 3.05) is 0 Å². The second kappa shape index (κ2) is 10.1. The van der Waals surface area contributed by atoms with Crippen LogP contribution < -0.4 is 5.56 Å². The van der Waals surface area contributed by atoms with Gasteiger partial charge in [0, 0.05) is 17.7 Å². The van der Waals surface area contributed by atoms with Crippen LogP contribution in [-0.2, 0) is 38.5 Å². The number of fused-ring (bicyclic) bond motifs is 1. The molecule has 0 spiro atoms. The van der Waals surface area contributed by atoms with Crippen molar-refractivity contribution >= 4 is 12.2 Å². The van der Waals surface area contributed by atoms with E-state index >= 15 is 0 Å². The van der Waals surface area contributed by atoms with E-state index < -0.39 is 11.7 Å². The number of benzene rings is 2. The minimum absolute atomic E-state index is 0.102. The summed E-state index contributed by atoms with van der Waals surface area (Å²) in [6, 6.07) is 12.9. The van der Waals surface area contributed by atoms with Gasteiger partial charge < -0.3 is 9.13 Å². The van der Waals surface area contributed by atoms with Crippen LogP contribution >= 0.6 is 12.2 Å². The van der Waals surface area contributed by atoms with Crippen molar-refractivity contribution in [3.05, 3.63) is 97.7 Å². The first-order valence-electron chi connectivity index (χ1n) is 12.3. The van der Waals surface area contributed by atoms with Gasteiger partial charge in [-0.1, -0.05) is 43.3 Å². The smallest absolute Gasteiger partial charge is 0.314 e. The van der Waals surface area contributed by atoms with Gasteiger partial charge in [-0.05, 0) is 66.7 Å². The van der Waals surface area contributed by atoms with Crippen molar-refractivity contribution in [1.82, 2.24) is 24.3 Å². The average Bonchev–Trinajstić information content (AvgIpc) is 3.50. The zero-order valence-corrected chi connectivity index (χ0v) is 21.1. The molecule has 1 N–H and O–H groups in total. The summed E-state index contributed by atoms with van der Waals surface area (Å²) in [5, 5.41) is 8.90. The molecule has 0 aliphatic heterocycles. The van der Waals surface area contributed by atoms with Crippen LogP contribution in [0.3, 0.4) is 0 Å². The van der Waals surface area contributed by atoms with Crippen LogP contribution in [0.25, 0.3) is 11.1 Å². The van der Waals surface area contributed by atoms with Crippen LogP contribution in [0.4, 0.5) is 13.2 Å². The lowest BCUT2D eigenvalue weighted by Gasteiger charge is -2.15. The molecular weight excluding hydrogens is 499 g/mol. The first-order chi connectivity index (χ1) is 17.7. The van der Waals surface area contributed by atoms with Crippen LogP contribution in [0.2, 0.25) is 0 Å². The van der Waals surface area contributed by atoms with Crippen molar-refractivity contribution in [3.8, 4) is 11.1 Å². The summed E-state index contributed by atoms with van der Waals surface area (Å²) < 4.78 is 43.1. The van der Waals surface area contributed by atoms with E-state index in [4.69, 9.17) is 12.2 Å². The molecule has 192 valence electrons. The number of nitrogens with zero attached hydrogens (tertiary/aromatic N) is 4. The summed E-state index contributed by atoms with van der Waals surface area (Å²) >= 11 is 5.49. The lowest BCUT2D eigenvalue weighted by Crippen LogP contribution is -2.22. The molecule has 5 rings (SSSR count). The van der Waals surface area contributed by atoms with Gasteiger partial charge in [-0.2, -0.15) is 13.2 Å². The third-order valence-corrected chi connectivity index (χ3v) is 7.09. The summed E-state index contributed by atoms with van der Waals surface area (Å²) in [5.74, 6) is 1.63. The Kier molecular flexibility index (Phi) is 6.85. The molecule has 2 heterocycles. The van der Waals surface area contributed by atoms with E-state index in [1.54, 1.807) is 0 Å². The van der Waals surface area contributed by atoms with E-state index in [0.29, 0.717) is 17.9 Å². The largest absolute Gasteiger partial charge is 0.416 e. The van der Waals surface area contributed by atoms with Crippen molar-refractivity contribution < 1.29 is 13.2 Å². The highest BCUT2D eigenvalue weighted by atomic mass is 32.1. The number of aromatic amines is 1. The van der Waals surface area contributed by atoms with Crippen LogP contribution in [0.15, 0.2) is 53.3 Å². The van der Waals surface area contributed by atoms with Crippen molar-refractivity contribution in [3.63, 3.8) is 0 Å². The molecule has 0 atom stereocenters. The number of H-pyrrole nitrogens is 1. The number of alkyl halides is 3. The van der Waals surface area contributed by atoms with E-state index in [1.165, 1.54) is 12.1 Å². The molecule has 0 amide bonds. The highest BCUT2D eigenvalue weighted by Gasteiger charge is 2.30. The maximum absolute atomic E-state index is 12.9. The van der Waals surface area contributed by atoms with E-state index in [9.17, 15) is 18.0 Å².